The zero-order valence-corrected chi connectivity index (χ0v) is 7.48. The summed E-state index contributed by atoms with van der Waals surface area (Å²) in [6, 6.07) is -0.433. The van der Waals surface area contributed by atoms with E-state index in [9.17, 15) is 4.79 Å². The molecule has 6 heteroatoms. The molecule has 0 aromatic heterocycles. The number of nitrogens with two attached hydrogens (primary N) is 1. The van der Waals surface area contributed by atoms with Crippen molar-refractivity contribution in [1.29, 1.82) is 0 Å². The van der Waals surface area contributed by atoms with E-state index in [-0.39, 0.29) is 18.0 Å². The fourth-order valence-corrected chi connectivity index (χ4v) is 1.49. The molecule has 1 amide bonds. The minimum Gasteiger partial charge on any atom is -0.370 e. The topological polar surface area (TPSA) is 83.1 Å². The van der Waals surface area contributed by atoms with Crippen molar-refractivity contribution >= 4 is 17.7 Å². The number of nitrogens with one attached hydrogen (secondary N) is 1. The van der Waals surface area contributed by atoms with Crippen molar-refractivity contribution < 1.29 is 4.79 Å². The molecule has 0 saturated heterocycles. The normalized spacial score (nSPS) is 32.2. The molecule has 3 N–H and O–H groups in total. The van der Waals surface area contributed by atoms with Crippen molar-refractivity contribution in [2.45, 2.75) is 19.1 Å². The van der Waals surface area contributed by atoms with Crippen LogP contribution in [0.4, 0.5) is 0 Å². The van der Waals surface area contributed by atoms with E-state index in [1.54, 1.807) is 0 Å². The van der Waals surface area contributed by atoms with E-state index >= 15 is 0 Å². The first kappa shape index (κ1) is 8.03. The lowest BCUT2D eigenvalue weighted by Gasteiger charge is -2.25. The van der Waals surface area contributed by atoms with Crippen LogP contribution >= 0.6 is 0 Å². The molecule has 0 spiro atoms. The predicted octanol–water partition coefficient (Wildman–Crippen LogP) is -1.51. The Morgan fingerprint density at radius 1 is 1.54 bits per heavy atom. The number of amidine groups is 1. The van der Waals surface area contributed by atoms with E-state index in [1.165, 1.54) is 0 Å². The molecule has 0 radical (unpaired) electrons. The molecule has 2 heterocycles. The minimum absolute atomic E-state index is 0.169. The maximum Gasteiger partial charge on any atom is 0.255 e. The smallest absolute Gasteiger partial charge is 0.255 e. The van der Waals surface area contributed by atoms with Gasteiger partial charge < -0.3 is 10.6 Å². The van der Waals surface area contributed by atoms with E-state index in [4.69, 9.17) is 5.73 Å². The summed E-state index contributed by atoms with van der Waals surface area (Å²) in [6.45, 7) is 1.84. The monoisotopic (exact) mass is 181 g/mol. The number of aliphatic imine (C=N–C) groups is 2. The highest BCUT2D eigenvalue weighted by molar-refractivity contribution is 6.03. The third-order valence-corrected chi connectivity index (χ3v) is 2.31. The molecule has 2 aliphatic heterocycles. The fraction of sp³-hybridized carbons (Fsp3) is 0.571. The predicted molar refractivity (Wildman–Crippen MR) is 48.2 cm³/mol. The molecule has 13 heavy (non-hydrogen) atoms. The molecule has 2 rings (SSSR count). The van der Waals surface area contributed by atoms with Crippen LogP contribution in [0, 0.1) is 0 Å². The van der Waals surface area contributed by atoms with E-state index < -0.39 is 6.04 Å². The molecule has 0 aromatic rings. The molecule has 2 atom stereocenters. The van der Waals surface area contributed by atoms with Gasteiger partial charge in [0.05, 0.1) is 5.84 Å². The number of guanidine groups is 1. The molecule has 0 saturated carbocycles. The van der Waals surface area contributed by atoms with E-state index in [0.29, 0.717) is 0 Å². The lowest BCUT2D eigenvalue weighted by atomic mass is 10.2. The highest BCUT2D eigenvalue weighted by Crippen LogP contribution is 2.19. The number of likely N-dealkylation sites (N-methyl/N-ethyl adjacent to an activating group) is 1. The van der Waals surface area contributed by atoms with Gasteiger partial charge in [0.2, 0.25) is 0 Å². The fourth-order valence-electron chi connectivity index (χ4n) is 1.49. The molecule has 0 aromatic carbocycles. The second-order valence-corrected chi connectivity index (χ2v) is 3.15. The van der Waals surface area contributed by atoms with Crippen molar-refractivity contribution in [3.63, 3.8) is 0 Å². The van der Waals surface area contributed by atoms with Crippen LogP contribution < -0.4 is 11.1 Å². The van der Waals surface area contributed by atoms with Gasteiger partial charge in [-0.1, -0.05) is 0 Å². The van der Waals surface area contributed by atoms with Crippen molar-refractivity contribution in [1.82, 2.24) is 10.2 Å². The van der Waals surface area contributed by atoms with Crippen LogP contribution in [0.25, 0.3) is 0 Å². The van der Waals surface area contributed by atoms with Crippen LogP contribution in [-0.2, 0) is 4.79 Å². The standard InChI is InChI=1S/C7H11N5O/c1-3-9-4-5(12(3)2)10-7(8)11-6(4)13/h4-5H,1-2H3,(H3,8,10,11,13). The molecule has 0 fully saturated rings. The Kier molecular flexibility index (Phi) is 1.51. The molecular formula is C7H11N5O. The SMILES string of the molecule is CC1=NC2C(=O)NC(N)=NC2N1C. The molecular weight excluding hydrogens is 170 g/mol. The summed E-state index contributed by atoms with van der Waals surface area (Å²) in [4.78, 5) is 21.5. The zero-order valence-electron chi connectivity index (χ0n) is 7.48. The molecule has 2 unspecified atom stereocenters. The number of fused-ring (bicyclic) bond motifs is 1. The number of nitrogens with zero attached hydrogens (tertiary/aromatic N) is 3. The highest BCUT2D eigenvalue weighted by atomic mass is 16.2. The third kappa shape index (κ3) is 1.06. The van der Waals surface area contributed by atoms with Crippen LogP contribution in [0.2, 0.25) is 0 Å². The van der Waals surface area contributed by atoms with E-state index in [0.717, 1.165) is 5.84 Å². The van der Waals surface area contributed by atoms with Gasteiger partial charge in [0, 0.05) is 7.05 Å². The Labute approximate surface area is 75.5 Å². The van der Waals surface area contributed by atoms with Gasteiger partial charge in [0.1, 0.15) is 0 Å². The second kappa shape index (κ2) is 2.45. The summed E-state index contributed by atoms with van der Waals surface area (Å²) in [5.74, 6) is 0.799. The number of carbonyl (C=O) groups excluding carboxylic acids is 1. The van der Waals surface area contributed by atoms with Gasteiger partial charge in [-0.25, -0.2) is 4.99 Å². The van der Waals surface area contributed by atoms with E-state index in [1.807, 2.05) is 18.9 Å². The van der Waals surface area contributed by atoms with Gasteiger partial charge in [0.15, 0.2) is 18.2 Å². The number of rotatable bonds is 0. The third-order valence-electron chi connectivity index (χ3n) is 2.31. The average molecular weight is 181 g/mol. The number of hydrogen-bond acceptors (Lipinski definition) is 5. The van der Waals surface area contributed by atoms with Crippen molar-refractivity contribution in [3.8, 4) is 0 Å². The van der Waals surface area contributed by atoms with Gasteiger partial charge >= 0.3 is 0 Å². The van der Waals surface area contributed by atoms with Crippen LogP contribution in [0.5, 0.6) is 0 Å². The summed E-state index contributed by atoms with van der Waals surface area (Å²) in [6.07, 6.45) is -0.256. The van der Waals surface area contributed by atoms with Gasteiger partial charge in [-0.05, 0) is 6.92 Å². The van der Waals surface area contributed by atoms with E-state index in [2.05, 4.69) is 15.3 Å². The number of carbonyl (C=O) groups is 1. The average Bonchev–Trinajstić information content (AvgIpc) is 2.32. The Bertz CT molecular complexity index is 321. The Morgan fingerprint density at radius 3 is 2.92 bits per heavy atom. The van der Waals surface area contributed by atoms with Crippen LogP contribution in [0.1, 0.15) is 6.92 Å². The molecule has 0 bridgehead atoms. The van der Waals surface area contributed by atoms with Crippen LogP contribution in [0.3, 0.4) is 0 Å². The summed E-state index contributed by atoms with van der Waals surface area (Å²) in [5.41, 5.74) is 5.43. The molecule has 0 aliphatic carbocycles. The maximum atomic E-state index is 11.4. The van der Waals surface area contributed by atoms with Crippen LogP contribution in [0.15, 0.2) is 9.98 Å². The quantitative estimate of drug-likeness (QED) is 0.476. The second-order valence-electron chi connectivity index (χ2n) is 3.15. The molecule has 70 valence electrons. The summed E-state index contributed by atoms with van der Waals surface area (Å²) >= 11 is 0. The summed E-state index contributed by atoms with van der Waals surface area (Å²) < 4.78 is 0. The first-order valence-electron chi connectivity index (χ1n) is 4.01. The zero-order chi connectivity index (χ0) is 9.59. The van der Waals surface area contributed by atoms with Crippen molar-refractivity contribution in [2.24, 2.45) is 15.7 Å². The first-order valence-corrected chi connectivity index (χ1v) is 4.01. The maximum absolute atomic E-state index is 11.4. The minimum atomic E-state index is -0.433. The lowest BCUT2D eigenvalue weighted by molar-refractivity contribution is -0.122. The van der Waals surface area contributed by atoms with Gasteiger partial charge in [-0.15, -0.1) is 0 Å². The number of hydrogen-bond donors (Lipinski definition) is 2. The van der Waals surface area contributed by atoms with Crippen molar-refractivity contribution in [2.75, 3.05) is 7.05 Å². The summed E-state index contributed by atoms with van der Waals surface area (Å²) in [5, 5.41) is 2.45. The largest absolute Gasteiger partial charge is 0.370 e. The first-order chi connectivity index (χ1) is 6.09. The Balaban J connectivity index is 2.36. The van der Waals surface area contributed by atoms with Crippen LogP contribution in [-0.4, -0.2) is 41.9 Å². The van der Waals surface area contributed by atoms with Gasteiger partial charge in [-0.3, -0.25) is 15.1 Å². The van der Waals surface area contributed by atoms with Crippen molar-refractivity contribution in [3.05, 3.63) is 0 Å². The molecule has 2 aliphatic rings. The lowest BCUT2D eigenvalue weighted by Crippen LogP contribution is -2.53. The Hall–Kier alpha value is -1.59. The highest BCUT2D eigenvalue weighted by Gasteiger charge is 2.39. The number of amides is 1. The van der Waals surface area contributed by atoms with Gasteiger partial charge in [0.25, 0.3) is 5.91 Å². The van der Waals surface area contributed by atoms with Gasteiger partial charge in [-0.2, -0.15) is 0 Å². The molecule has 6 nitrogen and oxygen atoms in total. The summed E-state index contributed by atoms with van der Waals surface area (Å²) in [7, 11) is 1.85. The Morgan fingerprint density at radius 2 is 2.23 bits per heavy atom.